The molecule has 6 rings (SSSR count). The molecule has 2 aliphatic carbocycles. The van der Waals surface area contributed by atoms with E-state index in [1.807, 2.05) is 24.3 Å². The highest BCUT2D eigenvalue weighted by molar-refractivity contribution is 5.86. The van der Waals surface area contributed by atoms with Crippen molar-refractivity contribution >= 4 is 24.3 Å². The number of ether oxygens (including phenoxy) is 1. The summed E-state index contributed by atoms with van der Waals surface area (Å²) in [6.45, 7) is 5.58. The molecule has 0 aromatic heterocycles. The molecule has 2 aliphatic rings. The van der Waals surface area contributed by atoms with Gasteiger partial charge in [-0.3, -0.25) is 0 Å². The Labute approximate surface area is 212 Å². The van der Waals surface area contributed by atoms with Gasteiger partial charge in [-0.2, -0.15) is 0 Å². The van der Waals surface area contributed by atoms with Gasteiger partial charge in [0.05, 0.1) is 13.2 Å². The second-order valence-electron chi connectivity index (χ2n) is 9.80. The molecular formula is C33H30O3. The van der Waals surface area contributed by atoms with Crippen LogP contribution in [0, 0.1) is 0 Å². The number of fused-ring (bicyclic) bond motifs is 2. The second kappa shape index (κ2) is 9.88. The smallest absolute Gasteiger partial charge is 0.115 e. The minimum atomic E-state index is -0.151. The van der Waals surface area contributed by atoms with Gasteiger partial charge in [0, 0.05) is 5.41 Å². The van der Waals surface area contributed by atoms with E-state index in [1.165, 1.54) is 33.4 Å². The summed E-state index contributed by atoms with van der Waals surface area (Å²) in [5.41, 5.74) is 9.90. The summed E-state index contributed by atoms with van der Waals surface area (Å²) in [5.74, 6) is 0.547. The second-order valence-corrected chi connectivity index (χ2v) is 9.80. The first-order valence-corrected chi connectivity index (χ1v) is 12.2. The van der Waals surface area contributed by atoms with Gasteiger partial charge < -0.3 is 14.9 Å². The first kappa shape index (κ1) is 23.7. The van der Waals surface area contributed by atoms with Crippen LogP contribution in [0.2, 0.25) is 0 Å². The zero-order valence-electron chi connectivity index (χ0n) is 20.6. The number of aromatic hydroxyl groups is 2. The van der Waals surface area contributed by atoms with Gasteiger partial charge >= 0.3 is 0 Å². The maximum Gasteiger partial charge on any atom is 0.115 e. The van der Waals surface area contributed by atoms with Crippen molar-refractivity contribution in [3.63, 3.8) is 0 Å². The van der Waals surface area contributed by atoms with Gasteiger partial charge in [-0.05, 0) is 80.9 Å². The molecule has 3 nitrogen and oxygen atoms in total. The maximum absolute atomic E-state index is 9.30. The molecule has 0 heterocycles. The quantitative estimate of drug-likeness (QED) is 0.259. The maximum atomic E-state index is 9.30. The Morgan fingerprint density at radius 2 is 0.917 bits per heavy atom. The molecular weight excluding hydrogens is 444 g/mol. The number of hydrogen-bond acceptors (Lipinski definition) is 3. The summed E-state index contributed by atoms with van der Waals surface area (Å²) >= 11 is 0. The number of phenols is 2. The molecule has 0 saturated carbocycles. The molecule has 3 heteroatoms. The normalized spacial score (nSPS) is 12.5. The van der Waals surface area contributed by atoms with E-state index < -0.39 is 0 Å². The summed E-state index contributed by atoms with van der Waals surface area (Å²) in [5, 5.41) is 18.6. The molecule has 0 saturated heterocycles. The van der Waals surface area contributed by atoms with Crippen molar-refractivity contribution in [3.05, 3.63) is 129 Å². The van der Waals surface area contributed by atoms with Gasteiger partial charge in [-0.1, -0.05) is 86.7 Å². The first-order chi connectivity index (χ1) is 17.4. The van der Waals surface area contributed by atoms with Crippen LogP contribution in [-0.2, 0) is 23.4 Å². The van der Waals surface area contributed by atoms with Crippen LogP contribution in [0.1, 0.15) is 58.4 Å². The van der Waals surface area contributed by atoms with E-state index >= 15 is 0 Å². The monoisotopic (exact) mass is 474 g/mol. The number of hydrogen-bond donors (Lipinski definition) is 2. The fraction of sp³-hybridized carbons (Fsp3) is 0.152. The molecule has 180 valence electrons. The third kappa shape index (κ3) is 5.12. The molecule has 0 amide bonds. The molecule has 0 atom stereocenters. The Balaban J connectivity index is 0.000000149. The van der Waals surface area contributed by atoms with Crippen molar-refractivity contribution in [2.75, 3.05) is 0 Å². The fourth-order valence-corrected chi connectivity index (χ4v) is 4.40. The largest absolute Gasteiger partial charge is 0.508 e. The van der Waals surface area contributed by atoms with E-state index in [1.54, 1.807) is 24.3 Å². The van der Waals surface area contributed by atoms with Crippen LogP contribution in [0.15, 0.2) is 84.9 Å². The van der Waals surface area contributed by atoms with Gasteiger partial charge in [-0.25, -0.2) is 0 Å². The number of benzene rings is 4. The van der Waals surface area contributed by atoms with E-state index in [4.69, 9.17) is 4.74 Å². The standard InChI is InChI=1S/C18H14O.C15H16O2/c1-3-15-5-7-17(15)9-13(1)11-19-12-14-2-4-16-6-8-18(16)10-14;1-15(2,11-3-7-13(16)8-4-11)12-5-9-14(17)10-6-12/h1-10H,11-12H2;3-10,16-17H,1-2H3. The summed E-state index contributed by atoms with van der Waals surface area (Å²) < 4.78 is 5.80. The number of rotatable bonds is 6. The van der Waals surface area contributed by atoms with E-state index in [9.17, 15) is 10.2 Å². The minimum absolute atomic E-state index is 0.151. The summed E-state index contributed by atoms with van der Waals surface area (Å²) in [7, 11) is 0. The van der Waals surface area contributed by atoms with Gasteiger partial charge in [0.1, 0.15) is 11.5 Å². The Bertz CT molecular complexity index is 1320. The van der Waals surface area contributed by atoms with Gasteiger partial charge in [0.25, 0.3) is 0 Å². The highest BCUT2D eigenvalue weighted by Crippen LogP contribution is 2.33. The Hall–Kier alpha value is -4.08. The Morgan fingerprint density at radius 1 is 0.528 bits per heavy atom. The van der Waals surface area contributed by atoms with E-state index in [0.717, 1.165) is 11.1 Å². The van der Waals surface area contributed by atoms with Crippen molar-refractivity contribution in [2.24, 2.45) is 0 Å². The van der Waals surface area contributed by atoms with Crippen LogP contribution in [0.4, 0.5) is 0 Å². The first-order valence-electron chi connectivity index (χ1n) is 12.2. The highest BCUT2D eigenvalue weighted by Gasteiger charge is 2.22. The molecule has 4 aromatic carbocycles. The lowest BCUT2D eigenvalue weighted by Gasteiger charge is -2.26. The highest BCUT2D eigenvalue weighted by atomic mass is 16.5. The van der Waals surface area contributed by atoms with Crippen LogP contribution < -0.4 is 0 Å². The van der Waals surface area contributed by atoms with Crippen LogP contribution in [-0.4, -0.2) is 10.2 Å². The van der Waals surface area contributed by atoms with E-state index in [2.05, 4.69) is 74.5 Å². The molecule has 0 aliphatic heterocycles. The van der Waals surface area contributed by atoms with Gasteiger partial charge in [0.15, 0.2) is 0 Å². The van der Waals surface area contributed by atoms with Crippen molar-refractivity contribution in [3.8, 4) is 11.5 Å². The molecule has 2 N–H and O–H groups in total. The lowest BCUT2D eigenvalue weighted by atomic mass is 9.78. The fourth-order valence-electron chi connectivity index (χ4n) is 4.40. The van der Waals surface area contributed by atoms with Crippen molar-refractivity contribution in [1.29, 1.82) is 0 Å². The summed E-state index contributed by atoms with van der Waals surface area (Å²) in [6.07, 6.45) is 8.55. The van der Waals surface area contributed by atoms with Crippen LogP contribution in [0.3, 0.4) is 0 Å². The molecule has 36 heavy (non-hydrogen) atoms. The average Bonchev–Trinajstić information content (AvgIpc) is 2.83. The molecule has 4 aromatic rings. The molecule has 0 unspecified atom stereocenters. The molecule has 0 fully saturated rings. The van der Waals surface area contributed by atoms with Gasteiger partial charge in [0.2, 0.25) is 0 Å². The van der Waals surface area contributed by atoms with Crippen molar-refractivity contribution < 1.29 is 14.9 Å². The zero-order valence-corrected chi connectivity index (χ0v) is 20.6. The number of phenolic OH excluding ortho intramolecular Hbond substituents is 2. The van der Waals surface area contributed by atoms with Crippen LogP contribution in [0.25, 0.3) is 24.3 Å². The zero-order chi connectivity index (χ0) is 25.1. The summed E-state index contributed by atoms with van der Waals surface area (Å²) in [4.78, 5) is 0. The lowest BCUT2D eigenvalue weighted by molar-refractivity contribution is 0.107. The van der Waals surface area contributed by atoms with Crippen molar-refractivity contribution in [2.45, 2.75) is 32.5 Å². The Morgan fingerprint density at radius 3 is 1.25 bits per heavy atom. The lowest BCUT2D eigenvalue weighted by Crippen LogP contribution is -2.18. The molecule has 0 radical (unpaired) electrons. The predicted octanol–water partition coefficient (Wildman–Crippen LogP) is 7.79. The van der Waals surface area contributed by atoms with Crippen LogP contribution >= 0.6 is 0 Å². The SMILES string of the molecule is C1=Cc2cc(COCc3ccc4c(c3)C=C4)ccc21.CC(C)(c1ccc(O)cc1)c1ccc(O)cc1. The Kier molecular flexibility index (Phi) is 6.49. The predicted molar refractivity (Wildman–Crippen MR) is 148 cm³/mol. The molecule has 0 spiro atoms. The van der Waals surface area contributed by atoms with Crippen molar-refractivity contribution in [1.82, 2.24) is 0 Å². The average molecular weight is 475 g/mol. The third-order valence-electron chi connectivity index (χ3n) is 6.90. The van der Waals surface area contributed by atoms with Crippen LogP contribution in [0.5, 0.6) is 11.5 Å². The minimum Gasteiger partial charge on any atom is -0.508 e. The third-order valence-corrected chi connectivity index (χ3v) is 6.90. The van der Waals surface area contributed by atoms with E-state index in [0.29, 0.717) is 13.2 Å². The summed E-state index contributed by atoms with van der Waals surface area (Å²) in [6, 6.07) is 27.4. The molecule has 0 bridgehead atoms. The topological polar surface area (TPSA) is 49.7 Å². The van der Waals surface area contributed by atoms with E-state index in [-0.39, 0.29) is 16.9 Å². The van der Waals surface area contributed by atoms with Gasteiger partial charge in [-0.15, -0.1) is 0 Å².